The number of carbonyl (C=O) groups is 2. The second kappa shape index (κ2) is 11.9. The van der Waals surface area contributed by atoms with Gasteiger partial charge >= 0.3 is 17.8 Å². The van der Waals surface area contributed by atoms with Gasteiger partial charge in [0.1, 0.15) is 11.5 Å². The fourth-order valence-corrected chi connectivity index (χ4v) is 6.14. The molecule has 1 atom stereocenters. The molecular weight excluding hydrogens is 572 g/mol. The summed E-state index contributed by atoms with van der Waals surface area (Å²) in [5.41, 5.74) is -5.11. The summed E-state index contributed by atoms with van der Waals surface area (Å²) >= 11 is 8.15. The Labute approximate surface area is 228 Å². The molecule has 0 bridgehead atoms. The quantitative estimate of drug-likeness (QED) is 0.211. The SMILES string of the molecule is CCCOC(=O)CC1(CSC(=O)C(C)Sc2cc(-n3c(=O)cc(C(F)(F)F)n(C)c3=O)c(F)cc2Cl)CC1. The van der Waals surface area contributed by atoms with Gasteiger partial charge in [0.05, 0.1) is 29.0 Å². The summed E-state index contributed by atoms with van der Waals surface area (Å²) in [4.78, 5) is 49.9. The zero-order valence-electron chi connectivity index (χ0n) is 20.7. The predicted molar refractivity (Wildman–Crippen MR) is 138 cm³/mol. The molecule has 0 spiro atoms. The topological polar surface area (TPSA) is 87.4 Å². The van der Waals surface area contributed by atoms with Gasteiger partial charge < -0.3 is 4.74 Å². The van der Waals surface area contributed by atoms with E-state index in [1.807, 2.05) is 6.92 Å². The lowest BCUT2D eigenvalue weighted by atomic mass is 10.1. The first-order chi connectivity index (χ1) is 17.7. The van der Waals surface area contributed by atoms with Gasteiger partial charge in [0.2, 0.25) is 5.12 Å². The van der Waals surface area contributed by atoms with E-state index in [4.69, 9.17) is 16.3 Å². The van der Waals surface area contributed by atoms with Crippen molar-refractivity contribution < 1.29 is 31.9 Å². The van der Waals surface area contributed by atoms with Crippen LogP contribution in [0.5, 0.6) is 0 Å². The van der Waals surface area contributed by atoms with E-state index < -0.39 is 39.9 Å². The lowest BCUT2D eigenvalue weighted by Gasteiger charge is -2.17. The third-order valence-corrected chi connectivity index (χ3v) is 9.08. The Balaban J connectivity index is 1.78. The number of ether oxygens (including phenoxy) is 1. The van der Waals surface area contributed by atoms with Crippen molar-refractivity contribution in [3.05, 3.63) is 55.6 Å². The summed E-state index contributed by atoms with van der Waals surface area (Å²) in [5.74, 6) is -0.968. The molecule has 1 fully saturated rings. The van der Waals surface area contributed by atoms with Crippen LogP contribution >= 0.6 is 35.1 Å². The van der Waals surface area contributed by atoms with E-state index in [9.17, 15) is 36.7 Å². The molecule has 1 aromatic heterocycles. The molecule has 0 N–H and O–H groups in total. The van der Waals surface area contributed by atoms with Crippen molar-refractivity contribution in [1.29, 1.82) is 0 Å². The van der Waals surface area contributed by atoms with Crippen molar-refractivity contribution in [3.63, 3.8) is 0 Å². The van der Waals surface area contributed by atoms with Crippen LogP contribution in [0.25, 0.3) is 5.69 Å². The Morgan fingerprint density at radius 1 is 1.21 bits per heavy atom. The highest BCUT2D eigenvalue weighted by atomic mass is 35.5. The number of rotatable bonds is 10. The molecule has 1 saturated carbocycles. The lowest BCUT2D eigenvalue weighted by Crippen LogP contribution is -2.41. The fraction of sp³-hybridized carbons (Fsp3) is 0.500. The first-order valence-electron chi connectivity index (χ1n) is 11.6. The van der Waals surface area contributed by atoms with Crippen LogP contribution in [0, 0.1) is 11.2 Å². The van der Waals surface area contributed by atoms with Crippen molar-refractivity contribution in [3.8, 4) is 5.69 Å². The van der Waals surface area contributed by atoms with E-state index in [-0.39, 0.29) is 48.0 Å². The first-order valence-corrected chi connectivity index (χ1v) is 13.8. The summed E-state index contributed by atoms with van der Waals surface area (Å²) in [6, 6.07) is 2.09. The maximum atomic E-state index is 14.7. The standard InChI is InChI=1S/C24H25ClF4N2O5S2/c1-4-7-36-20(33)11-23(5-6-23)12-37-21(34)13(2)38-17-9-16(15(26)8-14(17)25)31-19(32)10-18(24(27,28)29)30(3)22(31)35/h8-10,13H,4-7,11-12H2,1-3H3. The van der Waals surface area contributed by atoms with Crippen LogP contribution in [0.2, 0.25) is 5.02 Å². The van der Waals surface area contributed by atoms with Crippen LogP contribution in [0.15, 0.2) is 32.7 Å². The smallest absolute Gasteiger partial charge is 0.431 e. The van der Waals surface area contributed by atoms with Gasteiger partial charge in [-0.1, -0.05) is 30.3 Å². The van der Waals surface area contributed by atoms with Gasteiger partial charge in [-0.3, -0.25) is 19.0 Å². The van der Waals surface area contributed by atoms with Crippen molar-refractivity contribution in [2.24, 2.45) is 12.5 Å². The Hall–Kier alpha value is -2.25. The normalized spacial score (nSPS) is 15.3. The van der Waals surface area contributed by atoms with E-state index in [2.05, 4.69) is 0 Å². The molecular formula is C24H25ClF4N2O5S2. The molecule has 3 rings (SSSR count). The summed E-state index contributed by atoms with van der Waals surface area (Å²) in [6.07, 6.45) is -2.40. The second-order valence-electron chi connectivity index (χ2n) is 9.04. The highest BCUT2D eigenvalue weighted by Gasteiger charge is 2.45. The molecule has 38 heavy (non-hydrogen) atoms. The number of benzene rings is 1. The van der Waals surface area contributed by atoms with Crippen molar-refractivity contribution in [2.45, 2.75) is 55.9 Å². The number of alkyl halides is 3. The number of hydrogen-bond acceptors (Lipinski definition) is 7. The minimum absolute atomic E-state index is 0.102. The molecule has 0 amide bonds. The number of halogens is 5. The molecule has 1 aliphatic rings. The summed E-state index contributed by atoms with van der Waals surface area (Å²) in [6.45, 7) is 3.84. The maximum Gasteiger partial charge on any atom is 0.431 e. The zero-order chi connectivity index (χ0) is 28.4. The summed E-state index contributed by atoms with van der Waals surface area (Å²) in [5, 5.41) is -1.02. The van der Waals surface area contributed by atoms with Crippen LogP contribution in [0.3, 0.4) is 0 Å². The van der Waals surface area contributed by atoms with Crippen LogP contribution in [0.4, 0.5) is 17.6 Å². The van der Waals surface area contributed by atoms with Crippen LogP contribution in [-0.4, -0.2) is 37.8 Å². The average molecular weight is 597 g/mol. The van der Waals surface area contributed by atoms with Gasteiger partial charge in [-0.2, -0.15) is 13.2 Å². The molecule has 0 aliphatic heterocycles. The molecule has 14 heteroatoms. The molecule has 1 heterocycles. The van der Waals surface area contributed by atoms with Gasteiger partial charge in [-0.25, -0.2) is 13.8 Å². The number of nitrogens with zero attached hydrogens (tertiary/aromatic N) is 2. The first kappa shape index (κ1) is 30.3. The summed E-state index contributed by atoms with van der Waals surface area (Å²) < 4.78 is 59.8. The number of aromatic nitrogens is 2. The third-order valence-electron chi connectivity index (χ3n) is 5.95. The molecule has 1 aromatic carbocycles. The number of carbonyl (C=O) groups excluding carboxylic acids is 2. The number of esters is 1. The van der Waals surface area contributed by atoms with Gasteiger partial charge in [-0.05, 0) is 43.7 Å². The van der Waals surface area contributed by atoms with E-state index in [0.29, 0.717) is 12.4 Å². The molecule has 1 aliphatic carbocycles. The Morgan fingerprint density at radius 2 is 1.87 bits per heavy atom. The van der Waals surface area contributed by atoms with E-state index >= 15 is 0 Å². The van der Waals surface area contributed by atoms with Gasteiger partial charge in [-0.15, -0.1) is 11.8 Å². The van der Waals surface area contributed by atoms with E-state index in [1.165, 1.54) is 0 Å². The van der Waals surface area contributed by atoms with E-state index in [0.717, 1.165) is 62.0 Å². The van der Waals surface area contributed by atoms with Crippen molar-refractivity contribution >= 4 is 46.2 Å². The van der Waals surface area contributed by atoms with Crippen LogP contribution in [0.1, 0.15) is 45.2 Å². The van der Waals surface area contributed by atoms with Crippen molar-refractivity contribution in [1.82, 2.24) is 9.13 Å². The van der Waals surface area contributed by atoms with E-state index in [1.54, 1.807) is 6.92 Å². The molecule has 7 nitrogen and oxygen atoms in total. The second-order valence-corrected chi connectivity index (χ2v) is 11.8. The highest BCUT2D eigenvalue weighted by Crippen LogP contribution is 2.51. The van der Waals surface area contributed by atoms with Crippen molar-refractivity contribution in [2.75, 3.05) is 12.4 Å². The molecule has 208 valence electrons. The monoisotopic (exact) mass is 596 g/mol. The van der Waals surface area contributed by atoms with Crippen LogP contribution in [-0.2, 0) is 27.5 Å². The third kappa shape index (κ3) is 7.03. The molecule has 0 saturated heterocycles. The zero-order valence-corrected chi connectivity index (χ0v) is 23.1. The Kier molecular flexibility index (Phi) is 9.46. The summed E-state index contributed by atoms with van der Waals surface area (Å²) in [7, 11) is 0.818. The minimum atomic E-state index is -4.96. The van der Waals surface area contributed by atoms with Gasteiger partial charge in [0, 0.05) is 23.8 Å². The number of thioether (sulfide) groups is 2. The molecule has 2 aromatic rings. The average Bonchev–Trinajstić information content (AvgIpc) is 3.59. The Morgan fingerprint density at radius 3 is 2.45 bits per heavy atom. The molecule has 1 unspecified atom stereocenters. The number of hydrogen-bond donors (Lipinski definition) is 0. The molecule has 0 radical (unpaired) electrons. The van der Waals surface area contributed by atoms with Gasteiger partial charge in [0.25, 0.3) is 5.56 Å². The fourth-order valence-electron chi connectivity index (χ4n) is 3.60. The van der Waals surface area contributed by atoms with Gasteiger partial charge in [0.15, 0.2) is 0 Å². The highest BCUT2D eigenvalue weighted by molar-refractivity contribution is 8.16. The largest absolute Gasteiger partial charge is 0.466 e. The minimum Gasteiger partial charge on any atom is -0.466 e. The lowest BCUT2D eigenvalue weighted by molar-refractivity contribution is -0.145. The predicted octanol–water partition coefficient (Wildman–Crippen LogP) is 5.21. The maximum absolute atomic E-state index is 14.7. The Bertz CT molecular complexity index is 1360. The van der Waals surface area contributed by atoms with Crippen LogP contribution < -0.4 is 11.2 Å².